The molecule has 0 radical (unpaired) electrons. The van der Waals surface area contributed by atoms with Gasteiger partial charge in [-0.15, -0.1) is 0 Å². The van der Waals surface area contributed by atoms with E-state index < -0.39 is 0 Å². The second-order valence-electron chi connectivity index (χ2n) is 2.79. The third kappa shape index (κ3) is 0.864. The van der Waals surface area contributed by atoms with Crippen LogP contribution in [0.1, 0.15) is 20.3 Å². The predicted octanol–water partition coefficient (Wildman–Crippen LogP) is 0.794. The van der Waals surface area contributed by atoms with E-state index in [9.17, 15) is 0 Å². The van der Waals surface area contributed by atoms with Crippen molar-refractivity contribution in [2.75, 3.05) is 13.2 Å². The van der Waals surface area contributed by atoms with Crippen molar-refractivity contribution in [1.29, 1.82) is 0 Å². The average Bonchev–Trinajstić information content (AvgIpc) is 1.89. The van der Waals surface area contributed by atoms with E-state index in [0.29, 0.717) is 5.92 Å². The highest BCUT2D eigenvalue weighted by Crippen LogP contribution is 2.34. The molecule has 0 aromatic heterocycles. The van der Waals surface area contributed by atoms with Crippen molar-refractivity contribution in [2.45, 2.75) is 25.9 Å². The zero-order chi connectivity index (χ0) is 6.91. The first kappa shape index (κ1) is 7.03. The topological polar surface area (TPSA) is 29.5 Å². The first-order valence-corrected chi connectivity index (χ1v) is 3.50. The molecule has 1 aliphatic rings. The molecule has 2 heteroatoms. The third-order valence-electron chi connectivity index (χ3n) is 2.39. The van der Waals surface area contributed by atoms with Gasteiger partial charge in [-0.3, -0.25) is 0 Å². The van der Waals surface area contributed by atoms with Gasteiger partial charge in [0.15, 0.2) is 0 Å². The lowest BCUT2D eigenvalue weighted by atomic mass is 9.82. The molecule has 1 N–H and O–H groups in total. The van der Waals surface area contributed by atoms with Gasteiger partial charge in [0, 0.05) is 5.92 Å². The number of hydrogen-bond donors (Lipinski definition) is 1. The minimum atomic E-state index is -0.181. The van der Waals surface area contributed by atoms with Gasteiger partial charge in [-0.1, -0.05) is 13.8 Å². The molecule has 0 bridgehead atoms. The lowest BCUT2D eigenvalue weighted by Gasteiger charge is -2.46. The van der Waals surface area contributed by atoms with Crippen LogP contribution in [0.4, 0.5) is 0 Å². The fourth-order valence-corrected chi connectivity index (χ4v) is 1.25. The van der Waals surface area contributed by atoms with Gasteiger partial charge < -0.3 is 9.84 Å². The molecule has 1 fully saturated rings. The Morgan fingerprint density at radius 3 is 2.44 bits per heavy atom. The molecule has 0 saturated carbocycles. The van der Waals surface area contributed by atoms with E-state index in [1.54, 1.807) is 0 Å². The van der Waals surface area contributed by atoms with E-state index in [1.807, 2.05) is 6.92 Å². The summed E-state index contributed by atoms with van der Waals surface area (Å²) in [4.78, 5) is 0. The maximum absolute atomic E-state index is 8.88. The van der Waals surface area contributed by atoms with Gasteiger partial charge in [0.05, 0.1) is 18.8 Å². The first-order valence-electron chi connectivity index (χ1n) is 3.50. The van der Waals surface area contributed by atoms with Crippen molar-refractivity contribution >= 4 is 0 Å². The summed E-state index contributed by atoms with van der Waals surface area (Å²) in [5.41, 5.74) is -0.181. The van der Waals surface area contributed by atoms with Gasteiger partial charge >= 0.3 is 0 Å². The molecule has 1 rings (SSSR count). The van der Waals surface area contributed by atoms with Crippen molar-refractivity contribution in [3.05, 3.63) is 0 Å². The van der Waals surface area contributed by atoms with Gasteiger partial charge in [-0.25, -0.2) is 0 Å². The Balaban J connectivity index is 2.48. The molecule has 2 unspecified atom stereocenters. The van der Waals surface area contributed by atoms with E-state index in [2.05, 4.69) is 6.92 Å². The molecule has 0 amide bonds. The van der Waals surface area contributed by atoms with Crippen molar-refractivity contribution < 1.29 is 9.84 Å². The molecule has 54 valence electrons. The fraction of sp³-hybridized carbons (Fsp3) is 1.00. The van der Waals surface area contributed by atoms with Crippen molar-refractivity contribution in [3.63, 3.8) is 0 Å². The Morgan fingerprint density at radius 1 is 1.78 bits per heavy atom. The molecule has 1 heterocycles. The van der Waals surface area contributed by atoms with Crippen molar-refractivity contribution in [1.82, 2.24) is 0 Å². The molecule has 0 aromatic carbocycles. The van der Waals surface area contributed by atoms with E-state index >= 15 is 0 Å². The zero-order valence-electron chi connectivity index (χ0n) is 6.05. The van der Waals surface area contributed by atoms with Crippen molar-refractivity contribution in [3.8, 4) is 0 Å². The molecular weight excluding hydrogens is 116 g/mol. The summed E-state index contributed by atoms with van der Waals surface area (Å²) in [7, 11) is 0. The molecule has 0 aliphatic carbocycles. The smallest absolute Gasteiger partial charge is 0.0956 e. The van der Waals surface area contributed by atoms with Gasteiger partial charge in [0.2, 0.25) is 0 Å². The number of ether oxygens (including phenoxy) is 1. The van der Waals surface area contributed by atoms with E-state index in [0.717, 1.165) is 13.0 Å². The fourth-order valence-electron chi connectivity index (χ4n) is 1.25. The highest BCUT2D eigenvalue weighted by atomic mass is 16.5. The highest BCUT2D eigenvalue weighted by molar-refractivity contribution is 4.91. The lowest BCUT2D eigenvalue weighted by molar-refractivity contribution is -0.217. The highest BCUT2D eigenvalue weighted by Gasteiger charge is 2.43. The van der Waals surface area contributed by atoms with E-state index in [-0.39, 0.29) is 12.2 Å². The summed E-state index contributed by atoms with van der Waals surface area (Å²) in [5, 5.41) is 8.88. The SMILES string of the molecule is CCC1(CO)OCC1C. The average molecular weight is 130 g/mol. The maximum atomic E-state index is 8.88. The van der Waals surface area contributed by atoms with Crippen LogP contribution in [0.5, 0.6) is 0 Å². The maximum Gasteiger partial charge on any atom is 0.0956 e. The Hall–Kier alpha value is -0.0800. The van der Waals surface area contributed by atoms with Crippen LogP contribution < -0.4 is 0 Å². The van der Waals surface area contributed by atoms with Crippen molar-refractivity contribution in [2.24, 2.45) is 5.92 Å². The van der Waals surface area contributed by atoms with E-state index in [1.165, 1.54) is 0 Å². The van der Waals surface area contributed by atoms with Crippen LogP contribution in [0.2, 0.25) is 0 Å². The normalized spacial score (nSPS) is 42.3. The molecule has 2 atom stereocenters. The molecule has 9 heavy (non-hydrogen) atoms. The summed E-state index contributed by atoms with van der Waals surface area (Å²) in [5.74, 6) is 0.535. The Morgan fingerprint density at radius 2 is 2.44 bits per heavy atom. The van der Waals surface area contributed by atoms with Crippen LogP contribution in [0.25, 0.3) is 0 Å². The summed E-state index contributed by atoms with van der Waals surface area (Å²) < 4.78 is 5.28. The molecular formula is C7H14O2. The minimum Gasteiger partial charge on any atom is -0.393 e. The first-order chi connectivity index (χ1) is 4.25. The number of hydrogen-bond acceptors (Lipinski definition) is 2. The Labute approximate surface area is 55.8 Å². The van der Waals surface area contributed by atoms with Gasteiger partial charge in [0.1, 0.15) is 0 Å². The number of aliphatic hydroxyl groups excluding tert-OH is 1. The van der Waals surface area contributed by atoms with Gasteiger partial charge in [-0.05, 0) is 6.42 Å². The Kier molecular flexibility index (Phi) is 1.78. The van der Waals surface area contributed by atoms with Gasteiger partial charge in [0.25, 0.3) is 0 Å². The Bertz CT molecular complexity index is 91.6. The summed E-state index contributed by atoms with van der Waals surface area (Å²) in [6.45, 7) is 5.15. The predicted molar refractivity (Wildman–Crippen MR) is 35.2 cm³/mol. The quantitative estimate of drug-likeness (QED) is 0.599. The van der Waals surface area contributed by atoms with Crippen LogP contribution >= 0.6 is 0 Å². The lowest BCUT2D eigenvalue weighted by Crippen LogP contribution is -2.54. The molecule has 1 saturated heterocycles. The minimum absolute atomic E-state index is 0.171. The standard InChI is InChI=1S/C7H14O2/c1-3-7(5-8)6(2)4-9-7/h6,8H,3-5H2,1-2H3. The van der Waals surface area contributed by atoms with Crippen LogP contribution in [-0.4, -0.2) is 23.9 Å². The molecule has 1 aliphatic heterocycles. The van der Waals surface area contributed by atoms with E-state index in [4.69, 9.17) is 9.84 Å². The largest absolute Gasteiger partial charge is 0.393 e. The number of aliphatic hydroxyl groups is 1. The molecule has 0 spiro atoms. The van der Waals surface area contributed by atoms with Crippen LogP contribution in [-0.2, 0) is 4.74 Å². The van der Waals surface area contributed by atoms with Crippen LogP contribution in [0.15, 0.2) is 0 Å². The molecule has 0 aromatic rings. The summed E-state index contributed by atoms with van der Waals surface area (Å²) in [6, 6.07) is 0. The summed E-state index contributed by atoms with van der Waals surface area (Å²) in [6.07, 6.45) is 0.921. The molecule has 2 nitrogen and oxygen atoms in total. The zero-order valence-corrected chi connectivity index (χ0v) is 6.05. The monoisotopic (exact) mass is 130 g/mol. The van der Waals surface area contributed by atoms with Gasteiger partial charge in [-0.2, -0.15) is 0 Å². The second kappa shape index (κ2) is 2.27. The van der Waals surface area contributed by atoms with Crippen LogP contribution in [0.3, 0.4) is 0 Å². The number of rotatable bonds is 2. The van der Waals surface area contributed by atoms with Crippen LogP contribution in [0, 0.1) is 5.92 Å². The second-order valence-corrected chi connectivity index (χ2v) is 2.79. The summed E-state index contributed by atoms with van der Waals surface area (Å²) >= 11 is 0. The third-order valence-corrected chi connectivity index (χ3v) is 2.39.